The fourth-order valence-corrected chi connectivity index (χ4v) is 1.06. The number of hydrogen-bond acceptors (Lipinski definition) is 4. The summed E-state index contributed by atoms with van der Waals surface area (Å²) in [6.45, 7) is 0.0288. The van der Waals surface area contributed by atoms with Crippen molar-refractivity contribution in [2.24, 2.45) is 0 Å². The summed E-state index contributed by atoms with van der Waals surface area (Å²) in [4.78, 5) is 11.3. The van der Waals surface area contributed by atoms with E-state index in [1.54, 1.807) is 0 Å². The van der Waals surface area contributed by atoms with Gasteiger partial charge in [-0.3, -0.25) is 4.79 Å². The Hall–Kier alpha value is -1.17. The van der Waals surface area contributed by atoms with Gasteiger partial charge in [0.2, 0.25) is 0 Å². The topological polar surface area (TPSA) is 66.8 Å². The Morgan fingerprint density at radius 2 is 1.93 bits per heavy atom. The maximum Gasteiger partial charge on any atom is 0.488 e. The van der Waals surface area contributed by atoms with E-state index in [0.29, 0.717) is 11.0 Å². The summed E-state index contributed by atoms with van der Waals surface area (Å²) in [5.41, 5.74) is 0.857. The highest BCUT2D eigenvalue weighted by Crippen LogP contribution is 1.99. The molecule has 0 radical (unpaired) electrons. The Kier molecular flexibility index (Phi) is 3.82. The first kappa shape index (κ1) is 10.9. The van der Waals surface area contributed by atoms with E-state index in [0.717, 1.165) is 0 Å². The molecule has 5 heteroatoms. The third kappa shape index (κ3) is 2.66. The molecule has 0 amide bonds. The van der Waals surface area contributed by atoms with Crippen LogP contribution in [0.1, 0.15) is 10.4 Å². The zero-order valence-corrected chi connectivity index (χ0v) is 7.80. The minimum atomic E-state index is -1.50. The lowest BCUT2D eigenvalue weighted by molar-refractivity contribution is 0.0848. The molecule has 0 atom stereocenters. The van der Waals surface area contributed by atoms with Crippen LogP contribution in [0.3, 0.4) is 0 Å². The summed E-state index contributed by atoms with van der Waals surface area (Å²) >= 11 is 0. The molecule has 0 aliphatic carbocycles. The number of benzene rings is 1. The second-order valence-electron chi connectivity index (χ2n) is 2.85. The van der Waals surface area contributed by atoms with Crippen LogP contribution in [-0.4, -0.2) is 36.7 Å². The number of Topliss-reactive ketones (excluding diaryl/α,β-unsaturated/α-hetero) is 1. The van der Waals surface area contributed by atoms with E-state index in [1.807, 2.05) is 0 Å². The van der Waals surface area contributed by atoms with Gasteiger partial charge in [-0.2, -0.15) is 0 Å². The van der Waals surface area contributed by atoms with E-state index < -0.39 is 7.12 Å². The van der Waals surface area contributed by atoms with E-state index in [4.69, 9.17) is 10.0 Å². The molecule has 0 spiro atoms. The fraction of sp³-hybridized carbons (Fsp3) is 0.222. The summed E-state index contributed by atoms with van der Waals surface area (Å²) in [6.07, 6.45) is 0. The van der Waals surface area contributed by atoms with E-state index in [1.165, 1.54) is 31.4 Å². The van der Waals surface area contributed by atoms with Crippen molar-refractivity contribution in [1.29, 1.82) is 0 Å². The first-order chi connectivity index (χ1) is 6.65. The summed E-state index contributed by atoms with van der Waals surface area (Å²) < 4.78 is 4.69. The van der Waals surface area contributed by atoms with Gasteiger partial charge in [0.15, 0.2) is 5.78 Å². The van der Waals surface area contributed by atoms with Crippen molar-refractivity contribution < 1.29 is 19.6 Å². The average Bonchev–Trinajstić information content (AvgIpc) is 2.18. The highest BCUT2D eigenvalue weighted by Gasteiger charge is 2.11. The molecule has 0 unspecified atom stereocenters. The van der Waals surface area contributed by atoms with Gasteiger partial charge in [-0.1, -0.05) is 24.3 Å². The molecule has 1 aromatic rings. The van der Waals surface area contributed by atoms with Crippen LogP contribution in [0.2, 0.25) is 0 Å². The first-order valence-electron chi connectivity index (χ1n) is 4.13. The number of ether oxygens (including phenoxy) is 1. The van der Waals surface area contributed by atoms with Gasteiger partial charge in [-0.05, 0) is 5.46 Å². The quantitative estimate of drug-likeness (QED) is 0.486. The molecule has 2 N–H and O–H groups in total. The highest BCUT2D eigenvalue weighted by atomic mass is 16.5. The summed E-state index contributed by atoms with van der Waals surface area (Å²) in [5.74, 6) is -0.133. The molecular weight excluding hydrogens is 183 g/mol. The zero-order chi connectivity index (χ0) is 10.6. The van der Waals surface area contributed by atoms with Crippen LogP contribution in [0.5, 0.6) is 0 Å². The van der Waals surface area contributed by atoms with Crippen LogP contribution >= 0.6 is 0 Å². The number of carbonyl (C=O) groups is 1. The predicted octanol–water partition coefficient (Wildman–Crippen LogP) is -0.805. The Labute approximate surface area is 82.3 Å². The molecule has 0 heterocycles. The van der Waals surface area contributed by atoms with Crippen LogP contribution in [0.25, 0.3) is 0 Å². The van der Waals surface area contributed by atoms with Gasteiger partial charge in [-0.25, -0.2) is 0 Å². The zero-order valence-electron chi connectivity index (χ0n) is 7.80. The summed E-state index contributed by atoms with van der Waals surface area (Å²) in [7, 11) is -0.0504. The van der Waals surface area contributed by atoms with Crippen LogP contribution in [0.15, 0.2) is 24.3 Å². The first-order valence-corrected chi connectivity index (χ1v) is 4.13. The Balaban J connectivity index is 2.78. The molecule has 74 valence electrons. The van der Waals surface area contributed by atoms with Crippen molar-refractivity contribution in [3.05, 3.63) is 29.8 Å². The molecule has 1 rings (SSSR count). The molecule has 0 saturated carbocycles. The maximum absolute atomic E-state index is 11.3. The normalized spacial score (nSPS) is 9.93. The van der Waals surface area contributed by atoms with Crippen LogP contribution in [0, 0.1) is 0 Å². The van der Waals surface area contributed by atoms with Gasteiger partial charge in [0, 0.05) is 12.7 Å². The molecule has 0 bridgehead atoms. The minimum absolute atomic E-state index is 0.0288. The Morgan fingerprint density at radius 3 is 2.36 bits per heavy atom. The van der Waals surface area contributed by atoms with Crippen molar-refractivity contribution in [3.63, 3.8) is 0 Å². The smallest absolute Gasteiger partial charge is 0.423 e. The van der Waals surface area contributed by atoms with Gasteiger partial charge >= 0.3 is 7.12 Å². The molecule has 14 heavy (non-hydrogen) atoms. The second-order valence-corrected chi connectivity index (χ2v) is 2.85. The van der Waals surface area contributed by atoms with Crippen molar-refractivity contribution >= 4 is 18.4 Å². The molecular formula is C9H11BO4. The minimum Gasteiger partial charge on any atom is -0.423 e. The van der Waals surface area contributed by atoms with E-state index >= 15 is 0 Å². The lowest BCUT2D eigenvalue weighted by atomic mass is 9.80. The molecule has 0 aliphatic heterocycles. The third-order valence-electron chi connectivity index (χ3n) is 1.81. The Bertz CT molecular complexity index is 307. The monoisotopic (exact) mass is 194 g/mol. The van der Waals surface area contributed by atoms with E-state index in [-0.39, 0.29) is 12.4 Å². The van der Waals surface area contributed by atoms with Crippen molar-refractivity contribution in [2.45, 2.75) is 0 Å². The maximum atomic E-state index is 11.3. The number of rotatable bonds is 4. The van der Waals surface area contributed by atoms with Crippen LogP contribution in [0.4, 0.5) is 0 Å². The third-order valence-corrected chi connectivity index (χ3v) is 1.81. The van der Waals surface area contributed by atoms with Gasteiger partial charge in [0.05, 0.1) is 0 Å². The van der Waals surface area contributed by atoms with Crippen molar-refractivity contribution in [3.8, 4) is 0 Å². The molecule has 0 aromatic heterocycles. The lowest BCUT2D eigenvalue weighted by Gasteiger charge is -2.01. The summed E-state index contributed by atoms with van der Waals surface area (Å²) in [6, 6.07) is 6.06. The molecule has 0 aliphatic rings. The van der Waals surface area contributed by atoms with Crippen molar-refractivity contribution in [1.82, 2.24) is 0 Å². The number of methoxy groups -OCH3 is 1. The van der Waals surface area contributed by atoms with E-state index in [2.05, 4.69) is 4.74 Å². The van der Waals surface area contributed by atoms with Gasteiger partial charge in [0.1, 0.15) is 6.61 Å². The Morgan fingerprint density at radius 1 is 1.36 bits per heavy atom. The number of carbonyl (C=O) groups excluding carboxylic acids is 1. The predicted molar refractivity (Wildman–Crippen MR) is 52.5 cm³/mol. The van der Waals surface area contributed by atoms with Gasteiger partial charge in [-0.15, -0.1) is 0 Å². The van der Waals surface area contributed by atoms with E-state index in [9.17, 15) is 4.79 Å². The number of ketones is 1. The molecule has 4 nitrogen and oxygen atoms in total. The molecule has 1 aromatic carbocycles. The highest BCUT2D eigenvalue weighted by molar-refractivity contribution is 6.58. The van der Waals surface area contributed by atoms with Crippen LogP contribution < -0.4 is 5.46 Å². The second kappa shape index (κ2) is 4.90. The molecule has 0 saturated heterocycles. The number of hydrogen-bond donors (Lipinski definition) is 2. The van der Waals surface area contributed by atoms with Gasteiger partial charge in [0.25, 0.3) is 0 Å². The van der Waals surface area contributed by atoms with Crippen molar-refractivity contribution in [2.75, 3.05) is 13.7 Å². The fourth-order valence-electron chi connectivity index (χ4n) is 1.06. The van der Waals surface area contributed by atoms with Gasteiger partial charge < -0.3 is 14.8 Å². The largest absolute Gasteiger partial charge is 0.488 e. The molecule has 0 fully saturated rings. The summed E-state index contributed by atoms with van der Waals surface area (Å²) in [5, 5.41) is 17.6. The average molecular weight is 194 g/mol. The standard InChI is InChI=1S/C9H11BO4/c1-14-6-9(11)7-2-4-8(5-3-7)10(12)13/h2-5,12-13H,6H2,1H3. The lowest BCUT2D eigenvalue weighted by Crippen LogP contribution is -2.29. The van der Waals surface area contributed by atoms with Crippen LogP contribution in [-0.2, 0) is 4.74 Å². The SMILES string of the molecule is COCC(=O)c1ccc(B(O)O)cc1.